The molecule has 1 aliphatic rings. The van der Waals surface area contributed by atoms with Gasteiger partial charge < -0.3 is 9.42 Å². The van der Waals surface area contributed by atoms with Crippen LogP contribution in [0.2, 0.25) is 5.02 Å². The van der Waals surface area contributed by atoms with Gasteiger partial charge in [-0.25, -0.2) is 4.79 Å². The predicted molar refractivity (Wildman–Crippen MR) is 126 cm³/mol. The molecule has 1 aliphatic heterocycles. The maximum Gasteiger partial charge on any atom is 0.416 e. The van der Waals surface area contributed by atoms with Crippen LogP contribution in [0.15, 0.2) is 77.6 Å². The Morgan fingerprint density at radius 1 is 1.08 bits per heavy atom. The molecule has 0 aliphatic carbocycles. The van der Waals surface area contributed by atoms with E-state index in [-0.39, 0.29) is 19.1 Å². The quantitative estimate of drug-likeness (QED) is 0.315. The molecule has 1 atom stereocenters. The van der Waals surface area contributed by atoms with Crippen LogP contribution in [0.4, 0.5) is 23.7 Å². The third-order valence-electron chi connectivity index (χ3n) is 5.87. The average molecular weight is 514 g/mol. The van der Waals surface area contributed by atoms with Crippen molar-refractivity contribution in [1.29, 1.82) is 0 Å². The smallest absolute Gasteiger partial charge is 0.334 e. The van der Waals surface area contributed by atoms with Crippen LogP contribution < -0.4 is 4.90 Å². The molecular weight excluding hydrogens is 495 g/mol. The first-order valence-corrected chi connectivity index (χ1v) is 11.4. The molecule has 0 radical (unpaired) electrons. The molecule has 184 valence electrons. The van der Waals surface area contributed by atoms with E-state index < -0.39 is 17.8 Å². The second-order valence-electron chi connectivity index (χ2n) is 8.22. The SMILES string of the molecule is O=C1N(CCc2noc(-c3cccnc3)n2)CC(c2cccc(C(F)(F)F)c2)N1c1ccc(Cl)cc1. The Morgan fingerprint density at radius 2 is 1.89 bits per heavy atom. The van der Waals surface area contributed by atoms with Crippen molar-refractivity contribution in [2.45, 2.75) is 18.6 Å². The number of amides is 2. The Hall–Kier alpha value is -3.92. The summed E-state index contributed by atoms with van der Waals surface area (Å²) in [5.41, 5.74) is 0.825. The van der Waals surface area contributed by atoms with Gasteiger partial charge in [0, 0.05) is 42.6 Å². The van der Waals surface area contributed by atoms with Crippen molar-refractivity contribution in [3.05, 3.63) is 95.0 Å². The fraction of sp³-hybridized carbons (Fsp3) is 0.200. The number of urea groups is 1. The normalized spacial score (nSPS) is 16.1. The van der Waals surface area contributed by atoms with Gasteiger partial charge in [0.15, 0.2) is 5.82 Å². The number of hydrogen-bond donors (Lipinski definition) is 0. The summed E-state index contributed by atoms with van der Waals surface area (Å²) in [6.45, 7) is 0.445. The van der Waals surface area contributed by atoms with E-state index in [1.165, 1.54) is 11.0 Å². The van der Waals surface area contributed by atoms with Crippen LogP contribution in [-0.4, -0.2) is 39.1 Å². The largest absolute Gasteiger partial charge is 0.416 e. The van der Waals surface area contributed by atoms with E-state index >= 15 is 0 Å². The molecule has 0 N–H and O–H groups in total. The monoisotopic (exact) mass is 513 g/mol. The van der Waals surface area contributed by atoms with E-state index in [9.17, 15) is 18.0 Å². The minimum absolute atomic E-state index is 0.191. The summed E-state index contributed by atoms with van der Waals surface area (Å²) in [6, 6.07) is 14.2. The number of rotatable bonds is 6. The van der Waals surface area contributed by atoms with Gasteiger partial charge in [0.2, 0.25) is 0 Å². The van der Waals surface area contributed by atoms with Crippen molar-refractivity contribution >= 4 is 23.3 Å². The maximum absolute atomic E-state index is 13.4. The van der Waals surface area contributed by atoms with Crippen molar-refractivity contribution in [1.82, 2.24) is 20.0 Å². The second-order valence-corrected chi connectivity index (χ2v) is 8.66. The highest BCUT2D eigenvalue weighted by atomic mass is 35.5. The fourth-order valence-corrected chi connectivity index (χ4v) is 4.23. The molecule has 1 unspecified atom stereocenters. The Morgan fingerprint density at radius 3 is 2.61 bits per heavy atom. The molecule has 0 spiro atoms. The number of pyridine rings is 1. The number of alkyl halides is 3. The molecule has 7 nitrogen and oxygen atoms in total. The number of hydrogen-bond acceptors (Lipinski definition) is 5. The number of anilines is 1. The molecule has 0 bridgehead atoms. The highest BCUT2D eigenvalue weighted by molar-refractivity contribution is 6.30. The first kappa shape index (κ1) is 23.8. The van der Waals surface area contributed by atoms with Crippen LogP contribution in [0.3, 0.4) is 0 Å². The minimum Gasteiger partial charge on any atom is -0.334 e. The van der Waals surface area contributed by atoms with Crippen molar-refractivity contribution in [2.75, 3.05) is 18.0 Å². The fourth-order valence-electron chi connectivity index (χ4n) is 4.11. The van der Waals surface area contributed by atoms with Gasteiger partial charge in [-0.15, -0.1) is 0 Å². The molecule has 3 heterocycles. The van der Waals surface area contributed by atoms with Crippen LogP contribution in [-0.2, 0) is 12.6 Å². The number of carbonyl (C=O) groups excluding carboxylic acids is 1. The lowest BCUT2D eigenvalue weighted by Gasteiger charge is -2.24. The molecule has 2 aromatic carbocycles. The lowest BCUT2D eigenvalue weighted by molar-refractivity contribution is -0.137. The zero-order valence-corrected chi connectivity index (χ0v) is 19.4. The van der Waals surface area contributed by atoms with Gasteiger partial charge in [0.05, 0.1) is 17.2 Å². The van der Waals surface area contributed by atoms with Gasteiger partial charge in [-0.2, -0.15) is 18.2 Å². The van der Waals surface area contributed by atoms with Gasteiger partial charge in [-0.1, -0.05) is 28.9 Å². The van der Waals surface area contributed by atoms with Crippen molar-refractivity contribution in [3.8, 4) is 11.5 Å². The van der Waals surface area contributed by atoms with E-state index in [0.717, 1.165) is 12.1 Å². The first-order valence-electron chi connectivity index (χ1n) is 11.0. The molecular formula is C25H19ClF3N5O2. The lowest BCUT2D eigenvalue weighted by atomic mass is 10.0. The molecule has 36 heavy (non-hydrogen) atoms. The average Bonchev–Trinajstić information content (AvgIpc) is 3.48. The van der Waals surface area contributed by atoms with Crippen molar-refractivity contribution in [3.63, 3.8) is 0 Å². The zero-order chi connectivity index (χ0) is 25.3. The van der Waals surface area contributed by atoms with Gasteiger partial charge >= 0.3 is 12.2 Å². The summed E-state index contributed by atoms with van der Waals surface area (Å²) in [5, 5.41) is 4.46. The summed E-state index contributed by atoms with van der Waals surface area (Å²) in [5.74, 6) is 0.720. The Bertz CT molecular complexity index is 1360. The number of benzene rings is 2. The highest BCUT2D eigenvalue weighted by Gasteiger charge is 2.40. The Balaban J connectivity index is 1.39. The summed E-state index contributed by atoms with van der Waals surface area (Å²) in [4.78, 5) is 24.9. The molecule has 1 fully saturated rings. The second kappa shape index (κ2) is 9.62. The maximum atomic E-state index is 13.4. The minimum atomic E-state index is -4.49. The van der Waals surface area contributed by atoms with Crippen LogP contribution in [0.5, 0.6) is 0 Å². The van der Waals surface area contributed by atoms with E-state index in [1.54, 1.807) is 59.8 Å². The van der Waals surface area contributed by atoms with Gasteiger partial charge in [0.25, 0.3) is 5.89 Å². The zero-order valence-electron chi connectivity index (χ0n) is 18.7. The van der Waals surface area contributed by atoms with Crippen LogP contribution >= 0.6 is 11.6 Å². The number of halogens is 4. The topological polar surface area (TPSA) is 75.4 Å². The van der Waals surface area contributed by atoms with Crippen LogP contribution in [0, 0.1) is 0 Å². The number of carbonyl (C=O) groups is 1. The Labute approximate surface area is 209 Å². The van der Waals surface area contributed by atoms with Gasteiger partial charge in [0.1, 0.15) is 0 Å². The third-order valence-corrected chi connectivity index (χ3v) is 6.12. The van der Waals surface area contributed by atoms with Gasteiger partial charge in [-0.3, -0.25) is 9.88 Å². The summed E-state index contributed by atoms with van der Waals surface area (Å²) in [6.07, 6.45) is -0.953. The third kappa shape index (κ3) is 4.90. The van der Waals surface area contributed by atoms with E-state index in [2.05, 4.69) is 15.1 Å². The summed E-state index contributed by atoms with van der Waals surface area (Å²) < 4.78 is 45.4. The van der Waals surface area contributed by atoms with Crippen LogP contribution in [0.1, 0.15) is 23.0 Å². The standard InChI is InChI=1S/C25H19ClF3N5O2/c26-19-6-8-20(9-7-19)34-21(16-3-1-5-18(13-16)25(27,28)29)15-33(24(34)35)12-10-22-31-23(36-32-22)17-4-2-11-30-14-17/h1-9,11,13-14,21H,10,12,15H2. The summed E-state index contributed by atoms with van der Waals surface area (Å²) in [7, 11) is 0. The van der Waals surface area contributed by atoms with E-state index in [4.69, 9.17) is 16.1 Å². The molecule has 2 amide bonds. The Kier molecular flexibility index (Phi) is 6.36. The van der Waals surface area contributed by atoms with Crippen molar-refractivity contribution < 1.29 is 22.5 Å². The van der Waals surface area contributed by atoms with Crippen LogP contribution in [0.25, 0.3) is 11.5 Å². The lowest BCUT2D eigenvalue weighted by Crippen LogP contribution is -2.33. The molecule has 4 aromatic rings. The number of nitrogens with zero attached hydrogens (tertiary/aromatic N) is 5. The molecule has 2 aromatic heterocycles. The number of aromatic nitrogens is 3. The highest BCUT2D eigenvalue weighted by Crippen LogP contribution is 2.37. The van der Waals surface area contributed by atoms with Gasteiger partial charge in [-0.05, 0) is 54.1 Å². The predicted octanol–water partition coefficient (Wildman–Crippen LogP) is 6.03. The first-order chi connectivity index (χ1) is 17.3. The molecule has 11 heteroatoms. The molecule has 1 saturated heterocycles. The summed E-state index contributed by atoms with van der Waals surface area (Å²) >= 11 is 6.01. The van der Waals surface area contributed by atoms with Crippen molar-refractivity contribution in [2.24, 2.45) is 0 Å². The van der Waals surface area contributed by atoms with E-state index in [1.807, 2.05) is 0 Å². The van der Waals surface area contributed by atoms with E-state index in [0.29, 0.717) is 40.0 Å². The molecule has 0 saturated carbocycles. The molecule has 5 rings (SSSR count).